The zero-order valence-electron chi connectivity index (χ0n) is 16.5. The summed E-state index contributed by atoms with van der Waals surface area (Å²) in [5.74, 6) is 0. The Morgan fingerprint density at radius 2 is 1.19 bits per heavy atom. The number of hydrogen-bond donors (Lipinski definition) is 1. The third-order valence-electron chi connectivity index (χ3n) is 4.95. The maximum absolute atomic E-state index is 6.03. The number of ether oxygens (including phenoxy) is 2. The predicted molar refractivity (Wildman–Crippen MR) is 111 cm³/mol. The molecule has 144 valence electrons. The maximum Gasteiger partial charge on any atom is 0.0717 e. The fourth-order valence-electron chi connectivity index (χ4n) is 4.09. The molecule has 27 heavy (non-hydrogen) atoms. The monoisotopic (exact) mass is 365 g/mol. The average molecular weight is 366 g/mol. The van der Waals surface area contributed by atoms with E-state index in [9.17, 15) is 0 Å². The van der Waals surface area contributed by atoms with Crippen molar-refractivity contribution in [2.75, 3.05) is 13.2 Å². The lowest BCUT2D eigenvalue weighted by Crippen LogP contribution is -2.62. The molecule has 2 aromatic rings. The smallest absolute Gasteiger partial charge is 0.0717 e. The minimum absolute atomic E-state index is 0.130. The van der Waals surface area contributed by atoms with Gasteiger partial charge in [0.25, 0.3) is 0 Å². The Kier molecular flexibility index (Phi) is 6.48. The van der Waals surface area contributed by atoms with Crippen LogP contribution in [0.25, 0.3) is 0 Å². The summed E-state index contributed by atoms with van der Waals surface area (Å²) >= 11 is 0. The van der Waals surface area contributed by atoms with E-state index in [0.717, 1.165) is 12.8 Å². The van der Waals surface area contributed by atoms with Gasteiger partial charge in [0.2, 0.25) is 0 Å². The van der Waals surface area contributed by atoms with Crippen molar-refractivity contribution in [3.63, 3.8) is 0 Å². The van der Waals surface area contributed by atoms with E-state index in [1.165, 1.54) is 16.7 Å². The molecule has 2 atom stereocenters. The van der Waals surface area contributed by atoms with E-state index in [-0.39, 0.29) is 11.1 Å². The summed E-state index contributed by atoms with van der Waals surface area (Å²) in [4.78, 5) is 0. The predicted octanol–water partition coefficient (Wildman–Crippen LogP) is 4.88. The van der Waals surface area contributed by atoms with Gasteiger partial charge in [0, 0.05) is 11.1 Å². The van der Waals surface area contributed by atoms with E-state index in [4.69, 9.17) is 9.47 Å². The molecule has 0 bridgehead atoms. The number of benzene rings is 2. The van der Waals surface area contributed by atoms with Gasteiger partial charge in [-0.1, -0.05) is 72.8 Å². The van der Waals surface area contributed by atoms with Gasteiger partial charge in [-0.25, -0.2) is 0 Å². The van der Waals surface area contributed by atoms with Crippen LogP contribution in [0.15, 0.2) is 72.8 Å². The van der Waals surface area contributed by atoms with E-state index in [1.807, 2.05) is 36.4 Å². The minimum atomic E-state index is -0.130. The second kappa shape index (κ2) is 8.83. The normalized spacial score (nSPS) is 25.5. The van der Waals surface area contributed by atoms with E-state index in [0.29, 0.717) is 26.4 Å². The molecule has 0 spiro atoms. The molecule has 0 amide bonds. The Morgan fingerprint density at radius 1 is 0.778 bits per heavy atom. The molecule has 2 aromatic carbocycles. The van der Waals surface area contributed by atoms with Crippen LogP contribution >= 0.6 is 0 Å². The number of rotatable bonds is 8. The quantitative estimate of drug-likeness (QED) is 0.677. The highest BCUT2D eigenvalue weighted by atomic mass is 16.5. The Morgan fingerprint density at radius 3 is 1.59 bits per heavy atom. The number of nitrogens with one attached hydrogen (secondary N) is 1. The summed E-state index contributed by atoms with van der Waals surface area (Å²) in [7, 11) is 0. The van der Waals surface area contributed by atoms with Crippen LogP contribution in [0.1, 0.15) is 37.8 Å². The molecule has 3 rings (SSSR count). The van der Waals surface area contributed by atoms with Crippen LogP contribution in [0, 0.1) is 0 Å². The van der Waals surface area contributed by atoms with Gasteiger partial charge >= 0.3 is 0 Å². The zero-order valence-corrected chi connectivity index (χ0v) is 16.5. The van der Waals surface area contributed by atoms with Crippen molar-refractivity contribution in [1.82, 2.24) is 5.32 Å². The van der Waals surface area contributed by atoms with E-state index >= 15 is 0 Å². The number of piperidine rings is 1. The lowest BCUT2D eigenvalue weighted by molar-refractivity contribution is 0.00413. The second-order valence-corrected chi connectivity index (χ2v) is 8.31. The molecule has 1 N–H and O–H groups in total. The Balaban J connectivity index is 1.52. The largest absolute Gasteiger partial charge is 0.375 e. The van der Waals surface area contributed by atoms with Gasteiger partial charge in [0.1, 0.15) is 0 Å². The van der Waals surface area contributed by atoms with Crippen LogP contribution in [0.2, 0.25) is 0 Å². The van der Waals surface area contributed by atoms with E-state index in [2.05, 4.69) is 50.0 Å². The van der Waals surface area contributed by atoms with Gasteiger partial charge in [0.15, 0.2) is 0 Å². The van der Waals surface area contributed by atoms with Crippen molar-refractivity contribution in [2.24, 2.45) is 0 Å². The molecule has 1 fully saturated rings. The van der Waals surface area contributed by atoms with Crippen LogP contribution in [-0.2, 0) is 22.7 Å². The molecule has 0 aliphatic carbocycles. The molecule has 0 radical (unpaired) electrons. The minimum Gasteiger partial charge on any atom is -0.375 e. The Bertz CT molecular complexity index is 669. The lowest BCUT2D eigenvalue weighted by atomic mass is 9.79. The first-order chi connectivity index (χ1) is 13.0. The third kappa shape index (κ3) is 6.03. The first kappa shape index (κ1) is 19.8. The topological polar surface area (TPSA) is 30.5 Å². The summed E-state index contributed by atoms with van der Waals surface area (Å²) in [6.07, 6.45) is 1.85. The first-order valence-electron chi connectivity index (χ1n) is 9.66. The first-order valence-corrected chi connectivity index (χ1v) is 9.66. The van der Waals surface area contributed by atoms with E-state index in [1.54, 1.807) is 0 Å². The fourth-order valence-corrected chi connectivity index (χ4v) is 4.09. The number of hydrogen-bond acceptors (Lipinski definition) is 3. The van der Waals surface area contributed by atoms with Crippen molar-refractivity contribution in [1.29, 1.82) is 0 Å². The Hall–Kier alpha value is -1.94. The van der Waals surface area contributed by atoms with Crippen molar-refractivity contribution >= 4 is 0 Å². The standard InChI is InChI=1S/C24H31NO2/c1-20-14-23(2,18-26-16-21-10-6-4-7-11-21)25-24(3,15-20)19-27-17-22-12-8-5-9-13-22/h4-13,25H,1,14-19H2,2-3H3. The van der Waals surface area contributed by atoms with Crippen molar-refractivity contribution in [3.8, 4) is 0 Å². The van der Waals surface area contributed by atoms with E-state index < -0.39 is 0 Å². The molecule has 3 heteroatoms. The van der Waals surface area contributed by atoms with Crippen LogP contribution < -0.4 is 5.32 Å². The molecule has 1 aliphatic rings. The van der Waals surface area contributed by atoms with Crippen LogP contribution in [-0.4, -0.2) is 24.3 Å². The van der Waals surface area contributed by atoms with Crippen molar-refractivity contribution in [3.05, 3.63) is 83.9 Å². The fraction of sp³-hybridized carbons (Fsp3) is 0.417. The van der Waals surface area contributed by atoms with Gasteiger partial charge in [0.05, 0.1) is 26.4 Å². The molecule has 0 aromatic heterocycles. The molecular weight excluding hydrogens is 334 g/mol. The van der Waals surface area contributed by atoms with Crippen LogP contribution in [0.3, 0.4) is 0 Å². The third-order valence-corrected chi connectivity index (χ3v) is 4.95. The van der Waals surface area contributed by atoms with Crippen molar-refractivity contribution in [2.45, 2.75) is 51.0 Å². The molecule has 1 heterocycles. The summed E-state index contributed by atoms with van der Waals surface area (Å²) in [6.45, 7) is 11.3. The summed E-state index contributed by atoms with van der Waals surface area (Å²) < 4.78 is 12.1. The molecule has 3 nitrogen and oxygen atoms in total. The summed E-state index contributed by atoms with van der Waals surface area (Å²) in [5, 5.41) is 3.80. The summed E-state index contributed by atoms with van der Waals surface area (Å²) in [5.41, 5.74) is 3.39. The molecule has 1 saturated heterocycles. The van der Waals surface area contributed by atoms with Gasteiger partial charge in [-0.15, -0.1) is 0 Å². The second-order valence-electron chi connectivity index (χ2n) is 8.31. The zero-order chi connectivity index (χ0) is 19.2. The molecule has 0 saturated carbocycles. The molecular formula is C24H31NO2. The van der Waals surface area contributed by atoms with Gasteiger partial charge < -0.3 is 14.8 Å². The lowest BCUT2D eigenvalue weighted by Gasteiger charge is -2.47. The highest BCUT2D eigenvalue weighted by Crippen LogP contribution is 2.32. The Labute approximate surface area is 163 Å². The average Bonchev–Trinajstić information content (AvgIpc) is 2.62. The van der Waals surface area contributed by atoms with Gasteiger partial charge in [-0.2, -0.15) is 0 Å². The highest BCUT2D eigenvalue weighted by molar-refractivity contribution is 5.17. The van der Waals surface area contributed by atoms with Crippen molar-refractivity contribution < 1.29 is 9.47 Å². The van der Waals surface area contributed by atoms with Gasteiger partial charge in [-0.3, -0.25) is 0 Å². The highest BCUT2D eigenvalue weighted by Gasteiger charge is 2.40. The van der Waals surface area contributed by atoms with Crippen LogP contribution in [0.4, 0.5) is 0 Å². The maximum atomic E-state index is 6.03. The summed E-state index contributed by atoms with van der Waals surface area (Å²) in [6, 6.07) is 20.6. The molecule has 2 unspecified atom stereocenters. The SMILES string of the molecule is C=C1CC(C)(COCc2ccccc2)NC(C)(COCc2ccccc2)C1. The van der Waals surface area contributed by atoms with Crippen LogP contribution in [0.5, 0.6) is 0 Å². The molecule has 1 aliphatic heterocycles. The van der Waals surface area contributed by atoms with Gasteiger partial charge in [-0.05, 0) is 37.8 Å².